The lowest BCUT2D eigenvalue weighted by molar-refractivity contribution is -0.145. The molecule has 0 saturated carbocycles. The van der Waals surface area contributed by atoms with Crippen LogP contribution in [0.1, 0.15) is 11.6 Å². The molecule has 80 valence electrons. The Balaban J connectivity index is 2.30. The quantitative estimate of drug-likeness (QED) is 0.678. The lowest BCUT2D eigenvalue weighted by Gasteiger charge is -2.17. The first-order valence-corrected chi connectivity index (χ1v) is 4.14. The minimum atomic E-state index is -4.54. The minimum Gasteiger partial charge on any atom is -0.293 e. The van der Waals surface area contributed by atoms with Gasteiger partial charge in [0.1, 0.15) is 11.9 Å². The number of halogens is 3. The van der Waals surface area contributed by atoms with Gasteiger partial charge in [0.15, 0.2) is 0 Å². The first-order chi connectivity index (χ1) is 7.00. The molecule has 0 amide bonds. The Labute approximate surface area is 82.5 Å². The Kier molecular flexibility index (Phi) is 2.12. The van der Waals surface area contributed by atoms with E-state index >= 15 is 0 Å². The molecule has 1 aliphatic heterocycles. The zero-order valence-corrected chi connectivity index (χ0v) is 7.41. The molecule has 0 saturated heterocycles. The van der Waals surface area contributed by atoms with E-state index in [9.17, 15) is 13.2 Å². The van der Waals surface area contributed by atoms with Gasteiger partial charge in [0.05, 0.1) is 19.2 Å². The zero-order chi connectivity index (χ0) is 11.1. The van der Waals surface area contributed by atoms with Crippen molar-refractivity contribution >= 4 is 0 Å². The smallest absolute Gasteiger partial charge is 0.293 e. The van der Waals surface area contributed by atoms with Crippen LogP contribution in [0, 0.1) is 11.3 Å². The van der Waals surface area contributed by atoms with Crippen molar-refractivity contribution < 1.29 is 13.2 Å². The van der Waals surface area contributed by atoms with Crippen molar-refractivity contribution in [1.82, 2.24) is 20.1 Å². The molecule has 15 heavy (non-hydrogen) atoms. The molecule has 0 aliphatic carbocycles. The Morgan fingerprint density at radius 2 is 2.27 bits per heavy atom. The highest BCUT2D eigenvalue weighted by molar-refractivity contribution is 5.03. The van der Waals surface area contributed by atoms with Crippen LogP contribution in [0.5, 0.6) is 0 Å². The average molecular weight is 217 g/mol. The Morgan fingerprint density at radius 3 is 2.87 bits per heavy atom. The SMILES string of the molecule is N#CC1Cn2nc(C(F)(F)F)nc2CN1. The molecule has 0 fully saturated rings. The molecule has 1 aliphatic rings. The molecule has 0 bridgehead atoms. The normalized spacial score (nSPS) is 20.8. The molecule has 0 aromatic carbocycles. The highest BCUT2D eigenvalue weighted by atomic mass is 19.4. The second-order valence-corrected chi connectivity index (χ2v) is 3.09. The van der Waals surface area contributed by atoms with Crippen LogP contribution < -0.4 is 5.32 Å². The fourth-order valence-corrected chi connectivity index (χ4v) is 1.31. The van der Waals surface area contributed by atoms with E-state index in [1.807, 2.05) is 6.07 Å². The molecule has 0 radical (unpaired) electrons. The van der Waals surface area contributed by atoms with E-state index in [4.69, 9.17) is 5.26 Å². The predicted molar refractivity (Wildman–Crippen MR) is 41.3 cm³/mol. The number of hydrogen-bond acceptors (Lipinski definition) is 4. The summed E-state index contributed by atoms with van der Waals surface area (Å²) in [6, 6.07) is 1.40. The fraction of sp³-hybridized carbons (Fsp3) is 0.571. The zero-order valence-electron chi connectivity index (χ0n) is 7.41. The fourth-order valence-electron chi connectivity index (χ4n) is 1.31. The van der Waals surface area contributed by atoms with Crippen LogP contribution in [0.15, 0.2) is 0 Å². The van der Waals surface area contributed by atoms with Crippen LogP contribution in [-0.2, 0) is 19.3 Å². The van der Waals surface area contributed by atoms with Gasteiger partial charge in [-0.1, -0.05) is 0 Å². The van der Waals surface area contributed by atoms with Crippen molar-refractivity contribution in [3.63, 3.8) is 0 Å². The minimum absolute atomic E-state index is 0.0922. The molecular weight excluding hydrogens is 211 g/mol. The van der Waals surface area contributed by atoms with Gasteiger partial charge in [-0.3, -0.25) is 5.32 Å². The third-order valence-electron chi connectivity index (χ3n) is 2.02. The number of fused-ring (bicyclic) bond motifs is 1. The van der Waals surface area contributed by atoms with Gasteiger partial charge in [-0.25, -0.2) is 9.67 Å². The molecule has 1 N–H and O–H groups in total. The second-order valence-electron chi connectivity index (χ2n) is 3.09. The van der Waals surface area contributed by atoms with Crippen LogP contribution >= 0.6 is 0 Å². The summed E-state index contributed by atoms with van der Waals surface area (Å²) in [5.74, 6) is -0.952. The largest absolute Gasteiger partial charge is 0.453 e. The van der Waals surface area contributed by atoms with E-state index in [1.54, 1.807) is 0 Å². The van der Waals surface area contributed by atoms with E-state index in [-0.39, 0.29) is 18.9 Å². The van der Waals surface area contributed by atoms with Crippen LogP contribution in [0.25, 0.3) is 0 Å². The molecule has 2 rings (SSSR count). The van der Waals surface area contributed by atoms with Crippen molar-refractivity contribution in [2.24, 2.45) is 0 Å². The number of hydrogen-bond donors (Lipinski definition) is 1. The second kappa shape index (κ2) is 3.20. The number of aromatic nitrogens is 3. The van der Waals surface area contributed by atoms with Crippen LogP contribution in [-0.4, -0.2) is 20.8 Å². The van der Waals surface area contributed by atoms with Gasteiger partial charge >= 0.3 is 6.18 Å². The monoisotopic (exact) mass is 217 g/mol. The molecular formula is C7H6F3N5. The van der Waals surface area contributed by atoms with Crippen molar-refractivity contribution in [2.45, 2.75) is 25.3 Å². The van der Waals surface area contributed by atoms with Gasteiger partial charge in [-0.2, -0.15) is 18.4 Å². The average Bonchev–Trinajstić information content (AvgIpc) is 2.59. The van der Waals surface area contributed by atoms with E-state index < -0.39 is 18.0 Å². The first-order valence-electron chi connectivity index (χ1n) is 4.14. The summed E-state index contributed by atoms with van der Waals surface area (Å²) in [5.41, 5.74) is 0. The molecule has 2 heterocycles. The van der Waals surface area contributed by atoms with E-state index in [2.05, 4.69) is 15.4 Å². The number of nitriles is 1. The lowest BCUT2D eigenvalue weighted by atomic mass is 10.3. The maximum Gasteiger partial charge on any atom is 0.453 e. The summed E-state index contributed by atoms with van der Waals surface area (Å²) >= 11 is 0. The Morgan fingerprint density at radius 1 is 1.53 bits per heavy atom. The summed E-state index contributed by atoms with van der Waals surface area (Å²) in [7, 11) is 0. The van der Waals surface area contributed by atoms with E-state index in [1.165, 1.54) is 0 Å². The number of alkyl halides is 3. The van der Waals surface area contributed by atoms with Crippen LogP contribution in [0.3, 0.4) is 0 Å². The Bertz CT molecular complexity index is 415. The van der Waals surface area contributed by atoms with Gasteiger partial charge in [0.25, 0.3) is 5.82 Å². The number of nitrogens with one attached hydrogen (secondary N) is 1. The Hall–Kier alpha value is -1.62. The third kappa shape index (κ3) is 1.78. The number of nitrogens with zero attached hydrogens (tertiary/aromatic N) is 4. The summed E-state index contributed by atoms with van der Waals surface area (Å²) in [6.07, 6.45) is -4.54. The van der Waals surface area contributed by atoms with Gasteiger partial charge in [-0.05, 0) is 0 Å². The van der Waals surface area contributed by atoms with Crippen molar-refractivity contribution in [1.29, 1.82) is 5.26 Å². The van der Waals surface area contributed by atoms with Gasteiger partial charge in [0.2, 0.25) is 0 Å². The predicted octanol–water partition coefficient (Wildman–Crippen LogP) is 0.292. The molecule has 1 unspecified atom stereocenters. The molecule has 0 spiro atoms. The van der Waals surface area contributed by atoms with Crippen molar-refractivity contribution in [3.05, 3.63) is 11.6 Å². The summed E-state index contributed by atoms with van der Waals surface area (Å²) in [5, 5.41) is 14.6. The van der Waals surface area contributed by atoms with Crippen molar-refractivity contribution in [3.8, 4) is 6.07 Å². The molecule has 8 heteroatoms. The number of rotatable bonds is 0. The summed E-state index contributed by atoms with van der Waals surface area (Å²) in [6.45, 7) is 0.218. The summed E-state index contributed by atoms with van der Waals surface area (Å²) in [4.78, 5) is 3.35. The van der Waals surface area contributed by atoms with E-state index in [0.717, 1.165) is 4.68 Å². The van der Waals surface area contributed by atoms with Gasteiger partial charge in [-0.15, -0.1) is 5.10 Å². The topological polar surface area (TPSA) is 66.5 Å². The maximum absolute atomic E-state index is 12.2. The summed E-state index contributed by atoms with van der Waals surface area (Å²) < 4.78 is 37.8. The van der Waals surface area contributed by atoms with E-state index in [0.29, 0.717) is 0 Å². The first kappa shape index (κ1) is 9.92. The highest BCUT2D eigenvalue weighted by Crippen LogP contribution is 2.26. The molecule has 5 nitrogen and oxygen atoms in total. The highest BCUT2D eigenvalue weighted by Gasteiger charge is 2.37. The molecule has 1 aromatic heterocycles. The maximum atomic E-state index is 12.2. The molecule has 1 atom stereocenters. The standard InChI is InChI=1S/C7H6F3N5/c8-7(9,10)6-13-5-2-12-4(1-11)3-15(5)14-6/h4,12H,2-3H2. The van der Waals surface area contributed by atoms with Gasteiger partial charge < -0.3 is 0 Å². The lowest BCUT2D eigenvalue weighted by Crippen LogP contribution is -2.38. The van der Waals surface area contributed by atoms with Crippen molar-refractivity contribution in [2.75, 3.05) is 0 Å². The van der Waals surface area contributed by atoms with Crippen LogP contribution in [0.2, 0.25) is 0 Å². The third-order valence-corrected chi connectivity index (χ3v) is 2.02. The van der Waals surface area contributed by atoms with Crippen LogP contribution in [0.4, 0.5) is 13.2 Å². The van der Waals surface area contributed by atoms with Gasteiger partial charge in [0, 0.05) is 0 Å². The molecule has 1 aromatic rings.